The summed E-state index contributed by atoms with van der Waals surface area (Å²) in [6.45, 7) is 4.93. The molecule has 0 amide bonds. The van der Waals surface area contributed by atoms with Crippen LogP contribution in [0.1, 0.15) is 71.9 Å². The Balaban J connectivity index is 0.000000216. The summed E-state index contributed by atoms with van der Waals surface area (Å²) in [5, 5.41) is 18.2. The van der Waals surface area contributed by atoms with Gasteiger partial charge in [-0.2, -0.15) is 0 Å². The van der Waals surface area contributed by atoms with E-state index in [1.54, 1.807) is 38.5 Å². The van der Waals surface area contributed by atoms with Crippen molar-refractivity contribution in [3.63, 3.8) is 0 Å². The summed E-state index contributed by atoms with van der Waals surface area (Å²) in [6, 6.07) is 54.8. The lowest BCUT2D eigenvalue weighted by Gasteiger charge is -2.16. The zero-order chi connectivity index (χ0) is 52.4. The molecule has 0 aliphatic heterocycles. The Morgan fingerprint density at radius 3 is 1.18 bits per heavy atom. The zero-order valence-corrected chi connectivity index (χ0v) is 41.6. The van der Waals surface area contributed by atoms with E-state index >= 15 is 0 Å². The van der Waals surface area contributed by atoms with Crippen LogP contribution >= 0.6 is 0 Å². The van der Waals surface area contributed by atoms with Crippen LogP contribution in [0, 0.1) is 11.6 Å². The van der Waals surface area contributed by atoms with Crippen molar-refractivity contribution < 1.29 is 57.0 Å². The third-order valence-corrected chi connectivity index (χ3v) is 12.1. The van der Waals surface area contributed by atoms with Gasteiger partial charge >= 0.3 is 11.9 Å². The number of halogens is 2. The first-order chi connectivity index (χ1) is 35.8. The fourth-order valence-corrected chi connectivity index (χ4v) is 8.06. The molecule has 2 N–H and O–H groups in total. The van der Waals surface area contributed by atoms with E-state index in [9.17, 15) is 18.4 Å². The maximum Gasteiger partial charge on any atom is 0.303 e. The number of aliphatic carboxylic acids is 2. The maximum absolute atomic E-state index is 14.8. The van der Waals surface area contributed by atoms with Gasteiger partial charge in [-0.05, 0) is 118 Å². The average molecular weight is 1000 g/mol. The molecule has 0 spiro atoms. The molecule has 2 atom stereocenters. The maximum atomic E-state index is 14.8. The van der Waals surface area contributed by atoms with Crippen molar-refractivity contribution in [2.24, 2.45) is 0 Å². The number of methoxy groups -OCH3 is 2. The third-order valence-electron chi connectivity index (χ3n) is 12.1. The molecule has 74 heavy (non-hydrogen) atoms. The van der Waals surface area contributed by atoms with Crippen LogP contribution in [0.2, 0.25) is 0 Å². The van der Waals surface area contributed by atoms with Crippen LogP contribution in [0.25, 0.3) is 22.3 Å². The van der Waals surface area contributed by atoms with Crippen molar-refractivity contribution in [3.8, 4) is 56.8 Å². The molecule has 8 aromatic carbocycles. The fraction of sp³-hybridized carbons (Fsp3) is 0.194. The van der Waals surface area contributed by atoms with Gasteiger partial charge in [-0.3, -0.25) is 9.59 Å². The molecule has 0 fully saturated rings. The highest BCUT2D eigenvalue weighted by Gasteiger charge is 2.18. The summed E-state index contributed by atoms with van der Waals surface area (Å²) in [7, 11) is 3.09. The summed E-state index contributed by atoms with van der Waals surface area (Å²) >= 11 is 0. The lowest BCUT2D eigenvalue weighted by atomic mass is 9.98. The van der Waals surface area contributed by atoms with Crippen LogP contribution in [0.3, 0.4) is 0 Å². The van der Waals surface area contributed by atoms with E-state index in [2.05, 4.69) is 0 Å². The molecule has 0 saturated heterocycles. The standard InChI is InChI=1S/2C31H29FO5/c2*1-21(15-31(33)34)24-9-6-10-26(17-24)36-20-23-11-13-27(28-18-25(35-2)12-14-29(28)32)30(16-23)37-19-22-7-4-3-5-8-22/h2*3-14,16-18,21H,15,19-20H2,1-2H3,(H,33,34)/t2*21-/m10/s1. The molecule has 10 nitrogen and oxygen atoms in total. The molecule has 8 rings (SSSR count). The third kappa shape index (κ3) is 15.2. The monoisotopic (exact) mass is 1000 g/mol. The predicted molar refractivity (Wildman–Crippen MR) is 281 cm³/mol. The smallest absolute Gasteiger partial charge is 0.303 e. The minimum Gasteiger partial charge on any atom is -0.497 e. The molecule has 0 aliphatic carbocycles. The van der Waals surface area contributed by atoms with Crippen molar-refractivity contribution in [2.75, 3.05) is 14.2 Å². The first kappa shape index (κ1) is 53.2. The van der Waals surface area contributed by atoms with E-state index in [0.717, 1.165) is 33.4 Å². The van der Waals surface area contributed by atoms with Gasteiger partial charge in [-0.15, -0.1) is 0 Å². The van der Waals surface area contributed by atoms with Crippen molar-refractivity contribution in [3.05, 3.63) is 227 Å². The van der Waals surface area contributed by atoms with E-state index in [0.29, 0.717) is 70.0 Å². The van der Waals surface area contributed by atoms with Gasteiger partial charge in [0.05, 0.1) is 27.1 Å². The topological polar surface area (TPSA) is 130 Å². The van der Waals surface area contributed by atoms with Gasteiger partial charge < -0.3 is 38.6 Å². The highest BCUT2D eigenvalue weighted by molar-refractivity contribution is 5.74. The van der Waals surface area contributed by atoms with Gasteiger partial charge in [0, 0.05) is 22.3 Å². The number of benzene rings is 8. The Morgan fingerprint density at radius 1 is 0.405 bits per heavy atom. The van der Waals surface area contributed by atoms with Crippen LogP contribution in [-0.2, 0) is 36.0 Å². The summed E-state index contributed by atoms with van der Waals surface area (Å²) < 4.78 is 64.6. The summed E-state index contributed by atoms with van der Waals surface area (Å²) in [5.74, 6) is 0.764. The summed E-state index contributed by atoms with van der Waals surface area (Å²) in [4.78, 5) is 22.1. The summed E-state index contributed by atoms with van der Waals surface area (Å²) in [5.41, 5.74) is 7.47. The Bertz CT molecular complexity index is 2920. The summed E-state index contributed by atoms with van der Waals surface area (Å²) in [6.07, 6.45) is 0.0989. The quantitative estimate of drug-likeness (QED) is 0.0677. The van der Waals surface area contributed by atoms with Gasteiger partial charge in [0.15, 0.2) is 0 Å². The zero-order valence-electron chi connectivity index (χ0n) is 41.6. The molecule has 0 heterocycles. The minimum absolute atomic E-state index is 0.0495. The molecule has 0 unspecified atom stereocenters. The number of rotatable bonds is 22. The predicted octanol–water partition coefficient (Wildman–Crippen LogP) is 14.5. The fourth-order valence-electron chi connectivity index (χ4n) is 8.06. The Kier molecular flexibility index (Phi) is 18.8. The van der Waals surface area contributed by atoms with Crippen LogP contribution < -0.4 is 28.4 Å². The van der Waals surface area contributed by atoms with Gasteiger partial charge in [0.25, 0.3) is 0 Å². The molecule has 12 heteroatoms. The molecule has 0 aromatic heterocycles. The second-order valence-electron chi connectivity index (χ2n) is 17.6. The van der Waals surface area contributed by atoms with E-state index < -0.39 is 11.9 Å². The first-order valence-corrected chi connectivity index (χ1v) is 24.0. The van der Waals surface area contributed by atoms with Crippen LogP contribution in [0.4, 0.5) is 8.78 Å². The van der Waals surface area contributed by atoms with Crippen LogP contribution in [0.5, 0.6) is 34.5 Å². The van der Waals surface area contributed by atoms with Crippen molar-refractivity contribution in [2.45, 2.75) is 65.0 Å². The SMILES string of the molecule is COc1ccc(F)c(-c2ccc(COc3cccc([C@@H](C)CC(=O)O)c3)cc2OCc2ccccc2)c1.COc1ccc(F)c(-c2ccc(COc3cccc([C@H](C)CC(=O)O)c3)cc2OCc2ccccc2)c1. The van der Waals surface area contributed by atoms with Crippen LogP contribution in [0.15, 0.2) is 182 Å². The van der Waals surface area contributed by atoms with Crippen molar-refractivity contribution >= 4 is 11.9 Å². The molecule has 0 radical (unpaired) electrons. The van der Waals surface area contributed by atoms with Gasteiger partial charge in [0.2, 0.25) is 0 Å². The Hall–Kier alpha value is -8.64. The number of carboxylic acid groups (broad SMARTS) is 2. The lowest BCUT2D eigenvalue weighted by molar-refractivity contribution is -0.138. The highest BCUT2D eigenvalue weighted by Crippen LogP contribution is 2.38. The van der Waals surface area contributed by atoms with Crippen LogP contribution in [-0.4, -0.2) is 36.4 Å². The van der Waals surface area contributed by atoms with Gasteiger partial charge in [-0.1, -0.05) is 123 Å². The number of carboxylic acids is 2. The number of hydrogen-bond donors (Lipinski definition) is 2. The average Bonchev–Trinajstić information content (AvgIpc) is 3.41. The molecule has 8 aromatic rings. The molecule has 0 saturated carbocycles. The van der Waals surface area contributed by atoms with Gasteiger partial charge in [0.1, 0.15) is 72.6 Å². The molecule has 0 bridgehead atoms. The lowest BCUT2D eigenvalue weighted by Crippen LogP contribution is -2.03. The van der Waals surface area contributed by atoms with Gasteiger partial charge in [-0.25, -0.2) is 8.78 Å². The van der Waals surface area contributed by atoms with Crippen molar-refractivity contribution in [1.82, 2.24) is 0 Å². The van der Waals surface area contributed by atoms with Crippen molar-refractivity contribution in [1.29, 1.82) is 0 Å². The molecular weight excluding hydrogens is 943 g/mol. The number of carbonyl (C=O) groups is 2. The Labute approximate surface area is 430 Å². The highest BCUT2D eigenvalue weighted by atomic mass is 19.1. The van der Waals surface area contributed by atoms with E-state index in [4.69, 9.17) is 38.6 Å². The van der Waals surface area contributed by atoms with E-state index in [1.807, 2.05) is 159 Å². The first-order valence-electron chi connectivity index (χ1n) is 24.0. The largest absolute Gasteiger partial charge is 0.497 e. The minimum atomic E-state index is -0.839. The molecule has 0 aliphatic rings. The number of hydrogen-bond acceptors (Lipinski definition) is 8. The second kappa shape index (κ2) is 26.2. The normalized spacial score (nSPS) is 11.5. The van der Waals surface area contributed by atoms with E-state index in [-0.39, 0.29) is 49.5 Å². The Morgan fingerprint density at radius 2 is 0.797 bits per heavy atom. The second-order valence-corrected chi connectivity index (χ2v) is 17.6. The van der Waals surface area contributed by atoms with E-state index in [1.165, 1.54) is 12.1 Å². The molecular formula is C62H58F2O10. The number of ether oxygens (including phenoxy) is 6. The molecule has 380 valence electrons.